The van der Waals surface area contributed by atoms with Crippen LogP contribution < -0.4 is 5.32 Å². The van der Waals surface area contributed by atoms with Crippen molar-refractivity contribution in [1.29, 1.82) is 0 Å². The van der Waals surface area contributed by atoms with E-state index < -0.39 is 5.41 Å². The second-order valence-electron chi connectivity index (χ2n) is 6.60. The van der Waals surface area contributed by atoms with Crippen molar-refractivity contribution < 1.29 is 14.6 Å². The number of hydrogen-bond acceptors (Lipinski definition) is 5. The van der Waals surface area contributed by atoms with Crippen LogP contribution in [0.5, 0.6) is 0 Å². The molecule has 0 saturated carbocycles. The number of methoxy groups -OCH3 is 1. The summed E-state index contributed by atoms with van der Waals surface area (Å²) in [5.74, 6) is -0.213. The van der Waals surface area contributed by atoms with Crippen LogP contribution in [-0.4, -0.2) is 60.5 Å². The zero-order valence-corrected chi connectivity index (χ0v) is 13.8. The molecule has 1 fully saturated rings. The number of ether oxygens (including phenoxy) is 1. The van der Waals surface area contributed by atoms with E-state index in [9.17, 15) is 9.90 Å². The highest BCUT2D eigenvalue weighted by Crippen LogP contribution is 2.45. The molecular formula is C18H23N3O3. The molecular weight excluding hydrogens is 306 g/mol. The van der Waals surface area contributed by atoms with Crippen molar-refractivity contribution in [2.45, 2.75) is 24.4 Å². The smallest absolute Gasteiger partial charge is 0.320 e. The molecule has 2 aromatic rings. The number of carbonyl (C=O) groups is 1. The summed E-state index contributed by atoms with van der Waals surface area (Å²) >= 11 is 0. The molecule has 0 aliphatic carbocycles. The Kier molecular flexibility index (Phi) is 3.83. The van der Waals surface area contributed by atoms with E-state index >= 15 is 0 Å². The van der Waals surface area contributed by atoms with Crippen LogP contribution in [0.1, 0.15) is 17.7 Å². The van der Waals surface area contributed by atoms with Gasteiger partial charge in [0.25, 0.3) is 0 Å². The number of para-hydroxylation sites is 1. The number of H-pyrrole nitrogens is 1. The molecule has 24 heavy (non-hydrogen) atoms. The zero-order chi connectivity index (χ0) is 16.7. The van der Waals surface area contributed by atoms with Crippen LogP contribution >= 0.6 is 0 Å². The lowest BCUT2D eigenvalue weighted by Crippen LogP contribution is -2.56. The lowest BCUT2D eigenvalue weighted by atomic mass is 9.78. The Morgan fingerprint density at radius 2 is 2.29 bits per heavy atom. The molecule has 0 amide bonds. The minimum Gasteiger partial charge on any atom is -0.468 e. The van der Waals surface area contributed by atoms with Gasteiger partial charge in [-0.1, -0.05) is 18.2 Å². The van der Waals surface area contributed by atoms with Gasteiger partial charge in [0.15, 0.2) is 0 Å². The maximum atomic E-state index is 12.9. The number of aliphatic hydroxyl groups excluding tert-OH is 1. The quantitative estimate of drug-likeness (QED) is 0.722. The van der Waals surface area contributed by atoms with E-state index in [0.717, 1.165) is 30.7 Å². The molecule has 2 bridgehead atoms. The van der Waals surface area contributed by atoms with Gasteiger partial charge in [-0.25, -0.2) is 0 Å². The number of nitrogens with zero attached hydrogens (tertiary/aromatic N) is 1. The van der Waals surface area contributed by atoms with Crippen LogP contribution in [-0.2, 0) is 21.4 Å². The Hall–Kier alpha value is -1.89. The highest BCUT2D eigenvalue weighted by Gasteiger charge is 2.57. The van der Waals surface area contributed by atoms with Crippen molar-refractivity contribution >= 4 is 16.9 Å². The molecule has 1 aromatic carbocycles. The van der Waals surface area contributed by atoms with E-state index in [4.69, 9.17) is 4.74 Å². The first kappa shape index (κ1) is 15.6. The summed E-state index contributed by atoms with van der Waals surface area (Å²) in [4.78, 5) is 18.8. The Labute approximate surface area is 140 Å². The molecule has 6 heteroatoms. The third-order valence-corrected chi connectivity index (χ3v) is 5.53. The first-order chi connectivity index (χ1) is 11.7. The molecule has 4 rings (SSSR count). The molecule has 1 aromatic heterocycles. The number of aromatic amines is 1. The predicted octanol–water partition coefficient (Wildman–Crippen LogP) is 0.748. The fourth-order valence-electron chi connectivity index (χ4n) is 4.50. The highest BCUT2D eigenvalue weighted by atomic mass is 16.5. The van der Waals surface area contributed by atoms with Crippen molar-refractivity contribution in [3.05, 3.63) is 35.5 Å². The monoisotopic (exact) mass is 329 g/mol. The molecule has 128 valence electrons. The third-order valence-electron chi connectivity index (χ3n) is 5.53. The summed E-state index contributed by atoms with van der Waals surface area (Å²) < 4.78 is 5.24. The minimum atomic E-state index is -0.755. The number of carbonyl (C=O) groups excluding carboxylic acids is 1. The number of hydrogen-bond donors (Lipinski definition) is 3. The Bertz CT molecular complexity index is 772. The average molecular weight is 329 g/mol. The van der Waals surface area contributed by atoms with Crippen LogP contribution in [0, 0.1) is 0 Å². The summed E-state index contributed by atoms with van der Waals surface area (Å²) in [7, 11) is 1.45. The van der Waals surface area contributed by atoms with E-state index in [1.807, 2.05) is 12.1 Å². The number of esters is 1. The summed E-state index contributed by atoms with van der Waals surface area (Å²) in [5, 5.41) is 13.8. The molecule has 3 N–H and O–H groups in total. The molecule has 1 saturated heterocycles. The van der Waals surface area contributed by atoms with Crippen molar-refractivity contribution in [1.82, 2.24) is 15.2 Å². The first-order valence-electron chi connectivity index (χ1n) is 8.49. The summed E-state index contributed by atoms with van der Waals surface area (Å²) in [6, 6.07) is 8.20. The van der Waals surface area contributed by atoms with Crippen molar-refractivity contribution in [2.75, 3.05) is 33.4 Å². The standard InChI is InChI=1S/C18H23N3O3/c1-24-17(23)18-7-10-21(16(18)19-8-11-22)9-6-13-12-4-2-3-5-14(12)20-15(13)18/h2-5,16,19-20,22H,6-11H2,1H3. The van der Waals surface area contributed by atoms with Crippen molar-refractivity contribution in [3.63, 3.8) is 0 Å². The fraction of sp³-hybridized carbons (Fsp3) is 0.500. The van der Waals surface area contributed by atoms with Crippen LogP contribution in [0.3, 0.4) is 0 Å². The van der Waals surface area contributed by atoms with Gasteiger partial charge in [0, 0.05) is 36.2 Å². The number of rotatable bonds is 4. The van der Waals surface area contributed by atoms with Crippen LogP contribution in [0.2, 0.25) is 0 Å². The molecule has 0 radical (unpaired) electrons. The maximum absolute atomic E-state index is 12.9. The summed E-state index contributed by atoms with van der Waals surface area (Å²) in [5.41, 5.74) is 2.50. The molecule has 2 aliphatic heterocycles. The SMILES string of the molecule is COC(=O)C12CCN(CCc3c1[nH]c1ccccc31)C2NCCO. The van der Waals surface area contributed by atoms with E-state index in [1.54, 1.807) is 0 Å². The Morgan fingerprint density at radius 3 is 3.08 bits per heavy atom. The van der Waals surface area contributed by atoms with Crippen LogP contribution in [0.4, 0.5) is 0 Å². The molecule has 3 atom stereocenters. The van der Waals surface area contributed by atoms with E-state index in [-0.39, 0.29) is 18.7 Å². The normalized spacial score (nSPS) is 28.6. The van der Waals surface area contributed by atoms with E-state index in [0.29, 0.717) is 13.0 Å². The lowest BCUT2D eigenvalue weighted by molar-refractivity contribution is -0.149. The van der Waals surface area contributed by atoms with Gasteiger partial charge in [0.1, 0.15) is 5.41 Å². The number of aromatic nitrogens is 1. The van der Waals surface area contributed by atoms with Gasteiger partial charge >= 0.3 is 5.97 Å². The Morgan fingerprint density at radius 1 is 1.46 bits per heavy atom. The molecule has 3 unspecified atom stereocenters. The zero-order valence-electron chi connectivity index (χ0n) is 13.8. The second kappa shape index (κ2) is 5.88. The van der Waals surface area contributed by atoms with Gasteiger partial charge in [-0.05, 0) is 24.5 Å². The summed E-state index contributed by atoms with van der Waals surface area (Å²) in [6.45, 7) is 2.22. The Balaban J connectivity index is 1.93. The largest absolute Gasteiger partial charge is 0.468 e. The molecule has 3 heterocycles. The van der Waals surface area contributed by atoms with Gasteiger partial charge in [-0.2, -0.15) is 0 Å². The maximum Gasteiger partial charge on any atom is 0.320 e. The number of benzene rings is 1. The van der Waals surface area contributed by atoms with Crippen molar-refractivity contribution in [2.24, 2.45) is 0 Å². The highest BCUT2D eigenvalue weighted by molar-refractivity contribution is 5.91. The average Bonchev–Trinajstić information content (AvgIpc) is 3.11. The van der Waals surface area contributed by atoms with E-state index in [2.05, 4.69) is 27.3 Å². The number of aliphatic hydroxyl groups is 1. The van der Waals surface area contributed by atoms with Gasteiger partial charge in [0.2, 0.25) is 0 Å². The van der Waals surface area contributed by atoms with Gasteiger partial charge in [-0.3, -0.25) is 15.0 Å². The van der Waals surface area contributed by atoms with Gasteiger partial charge < -0.3 is 14.8 Å². The minimum absolute atomic E-state index is 0.0428. The van der Waals surface area contributed by atoms with Crippen LogP contribution in [0.25, 0.3) is 10.9 Å². The van der Waals surface area contributed by atoms with Crippen molar-refractivity contribution in [3.8, 4) is 0 Å². The topological polar surface area (TPSA) is 77.6 Å². The van der Waals surface area contributed by atoms with E-state index in [1.165, 1.54) is 18.1 Å². The van der Waals surface area contributed by atoms with Gasteiger partial charge in [-0.15, -0.1) is 0 Å². The van der Waals surface area contributed by atoms with Crippen LogP contribution in [0.15, 0.2) is 24.3 Å². The predicted molar refractivity (Wildman–Crippen MR) is 90.8 cm³/mol. The molecule has 0 spiro atoms. The third kappa shape index (κ3) is 2.03. The molecule has 2 aliphatic rings. The fourth-order valence-corrected chi connectivity index (χ4v) is 4.50. The lowest BCUT2D eigenvalue weighted by Gasteiger charge is -2.34. The van der Waals surface area contributed by atoms with Gasteiger partial charge in [0.05, 0.1) is 19.9 Å². The number of fused-ring (bicyclic) bond motifs is 6. The molecule has 6 nitrogen and oxygen atoms in total. The first-order valence-corrected chi connectivity index (χ1v) is 8.49. The number of nitrogens with one attached hydrogen (secondary N) is 2. The second-order valence-corrected chi connectivity index (χ2v) is 6.60. The summed E-state index contributed by atoms with van der Waals surface area (Å²) in [6.07, 6.45) is 1.45.